The van der Waals surface area contributed by atoms with Gasteiger partial charge in [-0.25, -0.2) is 0 Å². The van der Waals surface area contributed by atoms with Crippen LogP contribution in [0.25, 0.3) is 0 Å². The summed E-state index contributed by atoms with van der Waals surface area (Å²) in [5.74, 6) is -2.88. The van der Waals surface area contributed by atoms with Crippen LogP contribution < -0.4 is 0 Å². The number of ketones is 1. The summed E-state index contributed by atoms with van der Waals surface area (Å²) in [7, 11) is 0. The maximum Gasteiger partial charge on any atom is 0.306 e. The molecule has 7 nitrogen and oxygen atoms in total. The first kappa shape index (κ1) is 30.0. The second-order valence-electron chi connectivity index (χ2n) is 13.3. The largest absolute Gasteiger partial charge is 0.461 e. The molecule has 0 aromatic heterocycles. The van der Waals surface area contributed by atoms with E-state index >= 15 is 0 Å². The van der Waals surface area contributed by atoms with Gasteiger partial charge in [-0.2, -0.15) is 0 Å². The fraction of sp³-hybridized carbons (Fsp3) is 0.781. The van der Waals surface area contributed by atoms with Crippen molar-refractivity contribution in [3.63, 3.8) is 0 Å². The van der Waals surface area contributed by atoms with E-state index in [1.54, 1.807) is 13.0 Å². The summed E-state index contributed by atoms with van der Waals surface area (Å²) in [5, 5.41) is 24.3. The minimum atomic E-state index is -1.80. The predicted octanol–water partition coefficient (Wildman–Crippen LogP) is 5.22. The van der Waals surface area contributed by atoms with E-state index in [2.05, 4.69) is 20.8 Å². The van der Waals surface area contributed by atoms with Crippen molar-refractivity contribution in [1.82, 2.24) is 0 Å². The van der Waals surface area contributed by atoms with E-state index in [1.165, 1.54) is 32.6 Å². The van der Waals surface area contributed by atoms with Gasteiger partial charge in [0.1, 0.15) is 17.8 Å². The quantitative estimate of drug-likeness (QED) is 0.208. The Morgan fingerprint density at radius 1 is 1.05 bits per heavy atom. The zero-order valence-electron chi connectivity index (χ0n) is 24.7. The molecule has 0 spiro atoms. The Bertz CT molecular complexity index is 1060. The molecule has 0 saturated heterocycles. The van der Waals surface area contributed by atoms with Crippen molar-refractivity contribution in [1.29, 1.82) is 0 Å². The van der Waals surface area contributed by atoms with Gasteiger partial charge in [0.2, 0.25) is 0 Å². The zero-order chi connectivity index (χ0) is 28.8. The van der Waals surface area contributed by atoms with E-state index in [0.717, 1.165) is 19.3 Å². The number of carbonyl (C=O) groups excluding carboxylic acids is 3. The summed E-state index contributed by atoms with van der Waals surface area (Å²) in [6.07, 6.45) is 12.3. The van der Waals surface area contributed by atoms with Gasteiger partial charge in [0, 0.05) is 42.9 Å². The van der Waals surface area contributed by atoms with Crippen LogP contribution in [0, 0.1) is 29.1 Å². The number of carbonyl (C=O) groups is 3. The first-order valence-electron chi connectivity index (χ1n) is 15.0. The molecule has 0 amide bonds. The van der Waals surface area contributed by atoms with Crippen molar-refractivity contribution in [2.75, 3.05) is 6.61 Å². The Kier molecular flexibility index (Phi) is 8.28. The van der Waals surface area contributed by atoms with Gasteiger partial charge in [-0.15, -0.1) is 0 Å². The van der Waals surface area contributed by atoms with E-state index in [0.29, 0.717) is 24.0 Å². The van der Waals surface area contributed by atoms with Crippen molar-refractivity contribution in [3.05, 3.63) is 23.3 Å². The van der Waals surface area contributed by atoms with E-state index < -0.39 is 45.8 Å². The minimum absolute atomic E-state index is 0.0126. The molecule has 4 aliphatic carbocycles. The number of rotatable bonds is 11. The van der Waals surface area contributed by atoms with E-state index in [1.807, 2.05) is 13.0 Å². The molecule has 0 radical (unpaired) electrons. The van der Waals surface area contributed by atoms with Gasteiger partial charge in [-0.3, -0.25) is 14.4 Å². The lowest BCUT2D eigenvalue weighted by Gasteiger charge is -2.50. The topological polar surface area (TPSA) is 110 Å². The van der Waals surface area contributed by atoms with Crippen LogP contribution in [-0.2, 0) is 23.9 Å². The molecule has 4 aliphatic rings. The SMILES string of the molecule is CCCCCCCCCC(=O)O[C@@]12C[C@@H](C)[C@@]3(O)[C@@H](C=C(COC(C)=O)C[C@]4(O)C(=O)C(C)=C[C@@H]34)[C@@H]1C2(C)C. The molecule has 2 saturated carbocycles. The highest BCUT2D eigenvalue weighted by Gasteiger charge is 2.83. The van der Waals surface area contributed by atoms with Crippen LogP contribution in [-0.4, -0.2) is 51.3 Å². The van der Waals surface area contributed by atoms with Gasteiger partial charge in [-0.1, -0.05) is 78.4 Å². The average molecular weight is 545 g/mol. The summed E-state index contributed by atoms with van der Waals surface area (Å²) in [6, 6.07) is 0. The van der Waals surface area contributed by atoms with Gasteiger partial charge >= 0.3 is 11.9 Å². The third-order valence-electron chi connectivity index (χ3n) is 10.4. The van der Waals surface area contributed by atoms with Crippen LogP contribution in [0.1, 0.15) is 106 Å². The lowest BCUT2D eigenvalue weighted by molar-refractivity contribution is -0.187. The second kappa shape index (κ2) is 10.8. The van der Waals surface area contributed by atoms with Crippen molar-refractivity contribution in [2.45, 2.75) is 123 Å². The predicted molar refractivity (Wildman–Crippen MR) is 147 cm³/mol. The molecule has 2 N–H and O–H groups in total. The number of fused-ring (bicyclic) bond motifs is 5. The highest BCUT2D eigenvalue weighted by Crippen LogP contribution is 2.76. The van der Waals surface area contributed by atoms with Gasteiger partial charge in [0.25, 0.3) is 0 Å². The molecule has 0 aromatic carbocycles. The van der Waals surface area contributed by atoms with E-state index in [-0.39, 0.29) is 30.8 Å². The molecule has 0 bridgehead atoms. The van der Waals surface area contributed by atoms with Gasteiger partial charge < -0.3 is 19.7 Å². The molecular formula is C32H48O7. The molecule has 4 rings (SSSR count). The van der Waals surface area contributed by atoms with Crippen LogP contribution in [0.4, 0.5) is 0 Å². The van der Waals surface area contributed by atoms with Crippen molar-refractivity contribution < 1.29 is 34.1 Å². The third kappa shape index (κ3) is 4.92. The van der Waals surface area contributed by atoms with Crippen LogP contribution in [0.2, 0.25) is 0 Å². The number of Topliss-reactive ketones (excluding diaryl/α,β-unsaturated/α-hetero) is 1. The maximum atomic E-state index is 13.2. The first-order chi connectivity index (χ1) is 18.3. The summed E-state index contributed by atoms with van der Waals surface area (Å²) in [6.45, 7) is 11.2. The molecule has 0 aromatic rings. The van der Waals surface area contributed by atoms with Gasteiger partial charge in [0.15, 0.2) is 5.78 Å². The number of hydrogen-bond acceptors (Lipinski definition) is 7. The van der Waals surface area contributed by atoms with Crippen LogP contribution in [0.15, 0.2) is 23.3 Å². The Morgan fingerprint density at radius 3 is 2.33 bits per heavy atom. The molecule has 218 valence electrons. The fourth-order valence-corrected chi connectivity index (χ4v) is 8.26. The Labute approximate surface area is 233 Å². The maximum absolute atomic E-state index is 13.2. The molecule has 0 aliphatic heterocycles. The van der Waals surface area contributed by atoms with Crippen molar-refractivity contribution in [2.24, 2.45) is 29.1 Å². The average Bonchev–Trinajstić information content (AvgIpc) is 3.26. The Balaban J connectivity index is 1.58. The zero-order valence-corrected chi connectivity index (χ0v) is 24.7. The van der Waals surface area contributed by atoms with Gasteiger partial charge in [-0.05, 0) is 36.8 Å². The smallest absolute Gasteiger partial charge is 0.306 e. The van der Waals surface area contributed by atoms with E-state index in [9.17, 15) is 24.6 Å². The number of esters is 2. The number of aliphatic hydroxyl groups is 2. The van der Waals surface area contributed by atoms with Crippen LogP contribution >= 0.6 is 0 Å². The minimum Gasteiger partial charge on any atom is -0.461 e. The van der Waals surface area contributed by atoms with Crippen LogP contribution in [0.5, 0.6) is 0 Å². The molecule has 7 atom stereocenters. The number of unbranched alkanes of at least 4 members (excludes halogenated alkanes) is 6. The fourth-order valence-electron chi connectivity index (χ4n) is 8.26. The highest BCUT2D eigenvalue weighted by atomic mass is 16.6. The number of hydrogen-bond donors (Lipinski definition) is 2. The summed E-state index contributed by atoms with van der Waals surface area (Å²) >= 11 is 0. The molecule has 7 heteroatoms. The van der Waals surface area contributed by atoms with Gasteiger partial charge in [0.05, 0.1) is 5.60 Å². The lowest BCUT2D eigenvalue weighted by atomic mass is 9.60. The molecule has 0 heterocycles. The second-order valence-corrected chi connectivity index (χ2v) is 13.3. The van der Waals surface area contributed by atoms with Crippen molar-refractivity contribution in [3.8, 4) is 0 Å². The first-order valence-corrected chi connectivity index (χ1v) is 15.0. The molecule has 2 fully saturated rings. The normalized spacial score (nSPS) is 38.0. The Hall–Kier alpha value is -1.99. The Morgan fingerprint density at radius 2 is 1.69 bits per heavy atom. The summed E-state index contributed by atoms with van der Waals surface area (Å²) in [5.41, 5.74) is -3.32. The third-order valence-corrected chi connectivity index (χ3v) is 10.4. The molecule has 39 heavy (non-hydrogen) atoms. The van der Waals surface area contributed by atoms with Crippen molar-refractivity contribution >= 4 is 17.7 Å². The summed E-state index contributed by atoms with van der Waals surface area (Å²) in [4.78, 5) is 37.9. The summed E-state index contributed by atoms with van der Waals surface area (Å²) < 4.78 is 11.6. The highest BCUT2D eigenvalue weighted by molar-refractivity contribution is 6.04. The number of ether oxygens (including phenoxy) is 2. The van der Waals surface area contributed by atoms with Crippen LogP contribution in [0.3, 0.4) is 0 Å². The van der Waals surface area contributed by atoms with E-state index in [4.69, 9.17) is 9.47 Å². The molecular weight excluding hydrogens is 496 g/mol. The lowest BCUT2D eigenvalue weighted by Crippen LogP contribution is -2.61. The molecule has 0 unspecified atom stereocenters. The monoisotopic (exact) mass is 544 g/mol. The standard InChI is InChI=1S/C32H48O7/c1-7-8-9-10-11-12-13-14-26(34)39-31-17-21(3)32(37)24(27(31)29(31,5)6)16-23(19-38-22(4)33)18-30(36)25(32)15-20(2)28(30)35/h15-16,21,24-25,27,36-37H,7-14,17-19H2,1-6H3/t21-,24+,25-,27-,30-,31+,32-/m1/s1.